The molecule has 0 saturated heterocycles. The van der Waals surface area contributed by atoms with E-state index in [0.717, 1.165) is 0 Å². The minimum Gasteiger partial charge on any atom is -0.388 e. The molecule has 0 radical (unpaired) electrons. The van der Waals surface area contributed by atoms with E-state index in [0.29, 0.717) is 11.4 Å². The van der Waals surface area contributed by atoms with Gasteiger partial charge in [0, 0.05) is 23.9 Å². The molecular formula is C15H24N2O4S2. The molecule has 0 spiro atoms. The van der Waals surface area contributed by atoms with E-state index >= 15 is 0 Å². The largest absolute Gasteiger partial charge is 0.388 e. The lowest BCUT2D eigenvalue weighted by Gasteiger charge is -2.22. The van der Waals surface area contributed by atoms with Crippen LogP contribution < -0.4 is 10.0 Å². The molecule has 0 aliphatic heterocycles. The van der Waals surface area contributed by atoms with Crippen LogP contribution in [0.4, 0.5) is 5.69 Å². The highest BCUT2D eigenvalue weighted by molar-refractivity contribution is 7.98. The van der Waals surface area contributed by atoms with Crippen molar-refractivity contribution in [1.29, 1.82) is 0 Å². The lowest BCUT2D eigenvalue weighted by Crippen LogP contribution is -2.42. The molecule has 6 nitrogen and oxygen atoms in total. The number of aliphatic hydroxyl groups is 1. The van der Waals surface area contributed by atoms with Crippen molar-refractivity contribution < 1.29 is 18.3 Å². The fourth-order valence-electron chi connectivity index (χ4n) is 1.70. The summed E-state index contributed by atoms with van der Waals surface area (Å²) in [6.07, 6.45) is 1.84. The first-order valence-corrected chi connectivity index (χ1v) is 10.1. The second kappa shape index (κ2) is 8.14. The van der Waals surface area contributed by atoms with Crippen molar-refractivity contribution in [2.75, 3.05) is 23.9 Å². The van der Waals surface area contributed by atoms with Crippen molar-refractivity contribution in [3.63, 3.8) is 0 Å². The van der Waals surface area contributed by atoms with E-state index in [9.17, 15) is 18.3 Å². The van der Waals surface area contributed by atoms with Gasteiger partial charge in [-0.1, -0.05) is 13.8 Å². The van der Waals surface area contributed by atoms with Crippen LogP contribution in [0, 0.1) is 5.92 Å². The minimum absolute atomic E-state index is 0.0675. The van der Waals surface area contributed by atoms with Crippen LogP contribution in [-0.4, -0.2) is 43.6 Å². The number of benzene rings is 1. The molecule has 1 aromatic carbocycles. The molecule has 1 aromatic rings. The first-order valence-electron chi connectivity index (χ1n) is 7.19. The number of hydrogen-bond donors (Lipinski definition) is 3. The van der Waals surface area contributed by atoms with Gasteiger partial charge in [0.2, 0.25) is 15.9 Å². The molecule has 3 N–H and O–H groups in total. The Morgan fingerprint density at radius 2 is 1.87 bits per heavy atom. The maximum absolute atomic E-state index is 12.2. The van der Waals surface area contributed by atoms with Crippen LogP contribution in [0.15, 0.2) is 29.2 Å². The Morgan fingerprint density at radius 3 is 2.35 bits per heavy atom. The summed E-state index contributed by atoms with van der Waals surface area (Å²) in [5.74, 6) is 0.140. The Kier molecular flexibility index (Phi) is 7.06. The highest BCUT2D eigenvalue weighted by Gasteiger charge is 2.23. The van der Waals surface area contributed by atoms with Crippen molar-refractivity contribution in [2.24, 2.45) is 5.92 Å². The van der Waals surface area contributed by atoms with Gasteiger partial charge in [0.1, 0.15) is 0 Å². The first-order chi connectivity index (χ1) is 10.6. The Bertz CT molecular complexity index is 625. The maximum atomic E-state index is 12.2. The SMILES string of the molecule is CSCC(C)(O)CNS(=O)(=O)c1ccc(NC(=O)C(C)C)cc1. The summed E-state index contributed by atoms with van der Waals surface area (Å²) in [5, 5.41) is 12.7. The van der Waals surface area contributed by atoms with Gasteiger partial charge in [0.05, 0.1) is 10.5 Å². The molecule has 0 aliphatic carbocycles. The molecule has 1 unspecified atom stereocenters. The van der Waals surface area contributed by atoms with Gasteiger partial charge in [-0.2, -0.15) is 11.8 Å². The maximum Gasteiger partial charge on any atom is 0.240 e. The van der Waals surface area contributed by atoms with Crippen molar-refractivity contribution in [3.8, 4) is 0 Å². The number of anilines is 1. The smallest absolute Gasteiger partial charge is 0.240 e. The molecule has 1 atom stereocenters. The third-order valence-electron chi connectivity index (χ3n) is 3.05. The average Bonchev–Trinajstić information content (AvgIpc) is 2.46. The zero-order chi connectivity index (χ0) is 17.7. The fourth-order valence-corrected chi connectivity index (χ4v) is 3.59. The Morgan fingerprint density at radius 1 is 1.30 bits per heavy atom. The molecular weight excluding hydrogens is 336 g/mol. The number of rotatable bonds is 8. The van der Waals surface area contributed by atoms with E-state index in [2.05, 4.69) is 10.0 Å². The minimum atomic E-state index is -3.71. The molecule has 0 saturated carbocycles. The van der Waals surface area contributed by atoms with Gasteiger partial charge < -0.3 is 10.4 Å². The summed E-state index contributed by atoms with van der Waals surface area (Å²) in [7, 11) is -3.71. The highest BCUT2D eigenvalue weighted by Crippen LogP contribution is 2.16. The lowest BCUT2D eigenvalue weighted by molar-refractivity contribution is -0.118. The predicted molar refractivity (Wildman–Crippen MR) is 94.1 cm³/mol. The zero-order valence-corrected chi connectivity index (χ0v) is 15.4. The number of amides is 1. The van der Waals surface area contributed by atoms with Crippen LogP contribution in [-0.2, 0) is 14.8 Å². The van der Waals surface area contributed by atoms with E-state index in [1.54, 1.807) is 20.8 Å². The van der Waals surface area contributed by atoms with Gasteiger partial charge in [0.25, 0.3) is 0 Å². The standard InChI is InChI=1S/C15H24N2O4S2/c1-11(2)14(18)17-12-5-7-13(8-6-12)23(20,21)16-9-15(3,19)10-22-4/h5-8,11,16,19H,9-10H2,1-4H3,(H,17,18). The summed E-state index contributed by atoms with van der Waals surface area (Å²) in [6.45, 7) is 5.07. The molecule has 0 aliphatic rings. The van der Waals surface area contributed by atoms with Crippen LogP contribution in [0.2, 0.25) is 0 Å². The topological polar surface area (TPSA) is 95.5 Å². The average molecular weight is 361 g/mol. The van der Waals surface area contributed by atoms with Crippen molar-refractivity contribution in [3.05, 3.63) is 24.3 Å². The zero-order valence-electron chi connectivity index (χ0n) is 13.8. The summed E-state index contributed by atoms with van der Waals surface area (Å²) >= 11 is 1.44. The molecule has 0 aromatic heterocycles. The van der Waals surface area contributed by atoms with Crippen molar-refractivity contribution in [1.82, 2.24) is 4.72 Å². The van der Waals surface area contributed by atoms with Crippen molar-refractivity contribution in [2.45, 2.75) is 31.3 Å². The summed E-state index contributed by atoms with van der Waals surface area (Å²) in [4.78, 5) is 11.7. The van der Waals surface area contributed by atoms with Gasteiger partial charge in [-0.05, 0) is 37.4 Å². The van der Waals surface area contributed by atoms with E-state index in [4.69, 9.17) is 0 Å². The van der Waals surface area contributed by atoms with Gasteiger partial charge >= 0.3 is 0 Å². The molecule has 8 heteroatoms. The van der Waals surface area contributed by atoms with Gasteiger partial charge in [-0.15, -0.1) is 0 Å². The number of thioether (sulfide) groups is 1. The number of hydrogen-bond acceptors (Lipinski definition) is 5. The highest BCUT2D eigenvalue weighted by atomic mass is 32.2. The first kappa shape index (κ1) is 20.0. The number of carbonyl (C=O) groups is 1. The van der Waals surface area contributed by atoms with Crippen LogP contribution in [0.25, 0.3) is 0 Å². The van der Waals surface area contributed by atoms with E-state index in [1.807, 2.05) is 6.26 Å². The molecule has 1 rings (SSSR count). The Labute approximate surface area is 142 Å². The lowest BCUT2D eigenvalue weighted by atomic mass is 10.1. The third kappa shape index (κ3) is 6.50. The second-order valence-corrected chi connectivity index (χ2v) is 8.56. The fraction of sp³-hybridized carbons (Fsp3) is 0.533. The number of nitrogens with one attached hydrogen (secondary N) is 2. The normalized spacial score (nSPS) is 14.5. The molecule has 0 fully saturated rings. The van der Waals surface area contributed by atoms with Gasteiger partial charge in [-0.3, -0.25) is 4.79 Å². The number of carbonyl (C=O) groups excluding carboxylic acids is 1. The monoisotopic (exact) mass is 360 g/mol. The van der Waals surface area contributed by atoms with Gasteiger partial charge in [0.15, 0.2) is 0 Å². The van der Waals surface area contributed by atoms with Gasteiger partial charge in [-0.25, -0.2) is 13.1 Å². The molecule has 1 amide bonds. The third-order valence-corrected chi connectivity index (χ3v) is 5.38. The summed E-state index contributed by atoms with van der Waals surface area (Å²) < 4.78 is 26.8. The van der Waals surface area contributed by atoms with Crippen LogP contribution >= 0.6 is 11.8 Å². The van der Waals surface area contributed by atoms with Crippen LogP contribution in [0.1, 0.15) is 20.8 Å². The predicted octanol–water partition coefficient (Wildman–Crippen LogP) is 1.67. The van der Waals surface area contributed by atoms with E-state index in [1.165, 1.54) is 36.0 Å². The molecule has 0 heterocycles. The number of sulfonamides is 1. The van der Waals surface area contributed by atoms with Crippen LogP contribution in [0.5, 0.6) is 0 Å². The van der Waals surface area contributed by atoms with Crippen LogP contribution in [0.3, 0.4) is 0 Å². The molecule has 23 heavy (non-hydrogen) atoms. The summed E-state index contributed by atoms with van der Waals surface area (Å²) in [5.41, 5.74) is -0.575. The van der Waals surface area contributed by atoms with Crippen molar-refractivity contribution >= 4 is 33.4 Å². The molecule has 0 bridgehead atoms. The second-order valence-electron chi connectivity index (χ2n) is 5.92. The summed E-state index contributed by atoms with van der Waals surface area (Å²) in [6, 6.07) is 5.91. The Balaban J connectivity index is 2.76. The molecule has 130 valence electrons. The van der Waals surface area contributed by atoms with E-state index < -0.39 is 15.6 Å². The Hall–Kier alpha value is -1.09. The quantitative estimate of drug-likeness (QED) is 0.655. The van der Waals surface area contributed by atoms with E-state index in [-0.39, 0.29) is 23.3 Å².